The SMILES string of the molecule is Cc1ccc(I)cc1S(N)(=O)=O. The second-order valence-electron chi connectivity index (χ2n) is 2.45. The van der Waals surface area contributed by atoms with Gasteiger partial charge in [0.25, 0.3) is 0 Å². The molecule has 0 fully saturated rings. The van der Waals surface area contributed by atoms with Crippen molar-refractivity contribution in [3.05, 3.63) is 27.3 Å². The van der Waals surface area contributed by atoms with Crippen LogP contribution in [0.3, 0.4) is 0 Å². The Balaban J connectivity index is 3.43. The van der Waals surface area contributed by atoms with Gasteiger partial charge in [0.2, 0.25) is 10.0 Å². The van der Waals surface area contributed by atoms with Crippen LogP contribution in [-0.4, -0.2) is 8.42 Å². The molecule has 0 aromatic heterocycles. The highest BCUT2D eigenvalue weighted by Gasteiger charge is 2.10. The summed E-state index contributed by atoms with van der Waals surface area (Å²) < 4.78 is 22.8. The molecule has 1 aromatic carbocycles. The largest absolute Gasteiger partial charge is 0.238 e. The lowest BCUT2D eigenvalue weighted by atomic mass is 10.2. The van der Waals surface area contributed by atoms with E-state index < -0.39 is 10.0 Å². The van der Waals surface area contributed by atoms with Gasteiger partial charge in [-0.25, -0.2) is 13.6 Å². The first-order chi connectivity index (χ1) is 5.41. The molecule has 2 N–H and O–H groups in total. The average Bonchev–Trinajstić information content (AvgIpc) is 1.92. The van der Waals surface area contributed by atoms with Gasteiger partial charge in [-0.1, -0.05) is 6.07 Å². The van der Waals surface area contributed by atoms with Crippen LogP contribution in [0.4, 0.5) is 0 Å². The highest BCUT2D eigenvalue weighted by atomic mass is 127. The van der Waals surface area contributed by atoms with Gasteiger partial charge in [-0.2, -0.15) is 0 Å². The molecule has 5 heteroatoms. The van der Waals surface area contributed by atoms with Gasteiger partial charge in [-0.3, -0.25) is 0 Å². The van der Waals surface area contributed by atoms with Gasteiger partial charge in [-0.05, 0) is 47.2 Å². The molecule has 0 spiro atoms. The Kier molecular flexibility index (Phi) is 2.74. The molecule has 0 aliphatic carbocycles. The van der Waals surface area contributed by atoms with Gasteiger partial charge < -0.3 is 0 Å². The molecular weight excluding hydrogens is 289 g/mol. The number of sulfonamides is 1. The minimum absolute atomic E-state index is 0.203. The van der Waals surface area contributed by atoms with Crippen LogP contribution < -0.4 is 5.14 Å². The van der Waals surface area contributed by atoms with Crippen molar-refractivity contribution in [2.24, 2.45) is 5.14 Å². The number of hydrogen-bond donors (Lipinski definition) is 1. The van der Waals surface area contributed by atoms with E-state index in [9.17, 15) is 8.42 Å². The van der Waals surface area contributed by atoms with Gasteiger partial charge in [0.15, 0.2) is 0 Å². The van der Waals surface area contributed by atoms with Crippen LogP contribution in [0.1, 0.15) is 5.56 Å². The number of primary sulfonamides is 1. The highest BCUT2D eigenvalue weighted by Crippen LogP contribution is 2.16. The third-order valence-electron chi connectivity index (χ3n) is 1.46. The summed E-state index contributed by atoms with van der Waals surface area (Å²) in [5.41, 5.74) is 0.679. The molecule has 3 nitrogen and oxygen atoms in total. The Labute approximate surface area is 85.2 Å². The zero-order chi connectivity index (χ0) is 9.35. The Morgan fingerprint density at radius 1 is 1.42 bits per heavy atom. The van der Waals surface area contributed by atoms with Gasteiger partial charge >= 0.3 is 0 Å². The van der Waals surface area contributed by atoms with Crippen LogP contribution in [0.25, 0.3) is 0 Å². The molecule has 1 rings (SSSR count). The Hall–Kier alpha value is -0.140. The molecule has 12 heavy (non-hydrogen) atoms. The normalized spacial score (nSPS) is 11.6. The quantitative estimate of drug-likeness (QED) is 0.793. The monoisotopic (exact) mass is 297 g/mol. The van der Waals surface area contributed by atoms with Crippen molar-refractivity contribution < 1.29 is 8.42 Å². The summed E-state index contributed by atoms with van der Waals surface area (Å²) in [5, 5.41) is 5.00. The number of rotatable bonds is 1. The predicted octanol–water partition coefficient (Wildman–Crippen LogP) is 1.25. The molecule has 0 unspecified atom stereocenters. The van der Waals surface area contributed by atoms with Crippen molar-refractivity contribution in [1.82, 2.24) is 0 Å². The number of hydrogen-bond acceptors (Lipinski definition) is 2. The summed E-state index contributed by atoms with van der Waals surface area (Å²) in [7, 11) is -3.56. The molecular formula is C7H8INO2S. The van der Waals surface area contributed by atoms with E-state index in [1.165, 1.54) is 0 Å². The summed E-state index contributed by atoms with van der Waals surface area (Å²) >= 11 is 2.04. The van der Waals surface area contributed by atoms with Gasteiger partial charge in [-0.15, -0.1) is 0 Å². The number of halogens is 1. The number of aryl methyl sites for hydroxylation is 1. The van der Waals surface area contributed by atoms with Crippen molar-refractivity contribution in [2.75, 3.05) is 0 Å². The zero-order valence-corrected chi connectivity index (χ0v) is 9.39. The maximum Gasteiger partial charge on any atom is 0.238 e. The molecule has 0 saturated carbocycles. The molecule has 0 radical (unpaired) electrons. The van der Waals surface area contributed by atoms with E-state index in [1.54, 1.807) is 19.1 Å². The van der Waals surface area contributed by atoms with Crippen molar-refractivity contribution >= 4 is 32.6 Å². The van der Waals surface area contributed by atoms with E-state index >= 15 is 0 Å². The Morgan fingerprint density at radius 2 is 2.00 bits per heavy atom. The van der Waals surface area contributed by atoms with Gasteiger partial charge in [0, 0.05) is 3.57 Å². The minimum atomic E-state index is -3.56. The Morgan fingerprint density at radius 3 is 2.42 bits per heavy atom. The molecule has 0 saturated heterocycles. The summed E-state index contributed by atoms with van der Waals surface area (Å²) in [4.78, 5) is 0.203. The summed E-state index contributed by atoms with van der Waals surface area (Å²) in [5.74, 6) is 0. The van der Waals surface area contributed by atoms with Crippen LogP contribution in [0, 0.1) is 10.5 Å². The van der Waals surface area contributed by atoms with Crippen molar-refractivity contribution in [1.29, 1.82) is 0 Å². The van der Waals surface area contributed by atoms with E-state index in [4.69, 9.17) is 5.14 Å². The van der Waals surface area contributed by atoms with E-state index in [1.807, 2.05) is 28.7 Å². The third-order valence-corrected chi connectivity index (χ3v) is 3.18. The van der Waals surface area contributed by atoms with Crippen molar-refractivity contribution in [2.45, 2.75) is 11.8 Å². The number of benzene rings is 1. The fourth-order valence-electron chi connectivity index (χ4n) is 0.880. The maximum absolute atomic E-state index is 11.0. The molecule has 0 atom stereocenters. The van der Waals surface area contributed by atoms with Crippen LogP contribution in [0.2, 0.25) is 0 Å². The summed E-state index contributed by atoms with van der Waals surface area (Å²) in [6.45, 7) is 1.72. The smallest absolute Gasteiger partial charge is 0.225 e. The first-order valence-corrected chi connectivity index (χ1v) is 5.83. The second kappa shape index (κ2) is 3.31. The maximum atomic E-state index is 11.0. The van der Waals surface area contributed by atoms with E-state index in [2.05, 4.69) is 0 Å². The van der Waals surface area contributed by atoms with Crippen molar-refractivity contribution in [3.63, 3.8) is 0 Å². The minimum Gasteiger partial charge on any atom is -0.225 e. The number of nitrogens with two attached hydrogens (primary N) is 1. The lowest BCUT2D eigenvalue weighted by Crippen LogP contribution is -2.13. The zero-order valence-electron chi connectivity index (χ0n) is 6.41. The first-order valence-electron chi connectivity index (χ1n) is 3.20. The molecule has 0 amide bonds. The highest BCUT2D eigenvalue weighted by molar-refractivity contribution is 14.1. The fraction of sp³-hybridized carbons (Fsp3) is 0.143. The van der Waals surface area contributed by atoms with Crippen molar-refractivity contribution in [3.8, 4) is 0 Å². The van der Waals surface area contributed by atoms with Crippen LogP contribution in [-0.2, 0) is 10.0 Å². The van der Waals surface area contributed by atoms with E-state index in [0.717, 1.165) is 3.57 Å². The van der Waals surface area contributed by atoms with E-state index in [0.29, 0.717) is 5.56 Å². The second-order valence-corrected chi connectivity index (χ2v) is 5.23. The standard InChI is InChI=1S/C7H8INO2S/c1-5-2-3-6(8)4-7(5)12(9,10)11/h2-4H,1H3,(H2,9,10,11). The lowest BCUT2D eigenvalue weighted by molar-refractivity contribution is 0.597. The third kappa shape index (κ3) is 2.18. The fourth-order valence-corrected chi connectivity index (χ4v) is 2.39. The lowest BCUT2D eigenvalue weighted by Gasteiger charge is -2.02. The molecule has 0 heterocycles. The van der Waals surface area contributed by atoms with E-state index in [-0.39, 0.29) is 4.90 Å². The summed E-state index contributed by atoms with van der Waals surface area (Å²) in [6.07, 6.45) is 0. The van der Waals surface area contributed by atoms with Crippen LogP contribution in [0.5, 0.6) is 0 Å². The molecule has 66 valence electrons. The predicted molar refractivity (Wildman–Crippen MR) is 55.3 cm³/mol. The average molecular weight is 297 g/mol. The van der Waals surface area contributed by atoms with Gasteiger partial charge in [0.1, 0.15) is 0 Å². The summed E-state index contributed by atoms with van der Waals surface area (Å²) in [6, 6.07) is 5.14. The first kappa shape index (κ1) is 9.94. The van der Waals surface area contributed by atoms with Gasteiger partial charge in [0.05, 0.1) is 4.90 Å². The molecule has 0 aliphatic rings. The van der Waals surface area contributed by atoms with Crippen LogP contribution >= 0.6 is 22.6 Å². The molecule has 0 aliphatic heterocycles. The molecule has 1 aromatic rings. The molecule has 0 bridgehead atoms. The topological polar surface area (TPSA) is 60.2 Å². The Bertz CT molecular complexity index is 400. The van der Waals surface area contributed by atoms with Crippen LogP contribution in [0.15, 0.2) is 23.1 Å².